The minimum Gasteiger partial charge on any atom is -0.587 e. The van der Waals surface area contributed by atoms with E-state index >= 15 is 0 Å². The maximum absolute atomic E-state index is 5.04. The van der Waals surface area contributed by atoms with Crippen LogP contribution in [0.3, 0.4) is 0 Å². The minimum atomic E-state index is 0. The summed E-state index contributed by atoms with van der Waals surface area (Å²) in [4.78, 5) is 5.04. The predicted octanol–water partition coefficient (Wildman–Crippen LogP) is 3.45. The summed E-state index contributed by atoms with van der Waals surface area (Å²) in [5.41, 5.74) is 5.09. The largest absolute Gasteiger partial charge is 0.587 e. The average molecular weight is 253 g/mol. The van der Waals surface area contributed by atoms with Crippen molar-refractivity contribution in [2.24, 2.45) is 0 Å². The van der Waals surface area contributed by atoms with Gasteiger partial charge in [-0.05, 0) is 11.6 Å². The first-order valence-corrected chi connectivity index (χ1v) is 4.34. The van der Waals surface area contributed by atoms with Gasteiger partial charge in [-0.25, -0.2) is 0 Å². The Morgan fingerprint density at radius 2 is 1.85 bits per heavy atom. The van der Waals surface area contributed by atoms with Crippen LogP contribution < -0.4 is 4.84 Å². The fourth-order valence-electron chi connectivity index (χ4n) is 1.10. The Labute approximate surface area is 105 Å². The number of rotatable bonds is 0. The third-order valence-electron chi connectivity index (χ3n) is 1.68. The van der Waals surface area contributed by atoms with Crippen LogP contribution in [-0.4, -0.2) is 0 Å². The Kier molecular flexibility index (Phi) is 6.57. The van der Waals surface area contributed by atoms with E-state index in [0.29, 0.717) is 0 Å². The van der Waals surface area contributed by atoms with Crippen LogP contribution in [0.15, 0.2) is 24.3 Å². The second-order valence-electron chi connectivity index (χ2n) is 2.41. The molecule has 13 heavy (non-hydrogen) atoms. The van der Waals surface area contributed by atoms with Crippen molar-refractivity contribution in [1.29, 1.82) is 0 Å². The average Bonchev–Trinajstić information content (AvgIpc) is 2.53. The molecule has 1 aliphatic heterocycles. The van der Waals surface area contributed by atoms with Gasteiger partial charge in [0.1, 0.15) is 5.75 Å². The molecule has 1 heterocycles. The molecule has 1 aliphatic rings. The van der Waals surface area contributed by atoms with Crippen molar-refractivity contribution < 1.29 is 37.5 Å². The topological polar surface area (TPSA) is 23.3 Å². The van der Waals surface area contributed by atoms with Crippen molar-refractivity contribution in [3.63, 3.8) is 0 Å². The molecule has 1 aromatic rings. The van der Waals surface area contributed by atoms with Gasteiger partial charge in [-0.3, -0.25) is 0 Å². The van der Waals surface area contributed by atoms with Crippen molar-refractivity contribution in [2.45, 2.75) is 26.8 Å². The van der Waals surface area contributed by atoms with E-state index in [2.05, 4.69) is 5.48 Å². The smallest absolute Gasteiger partial charge is 0.103 e. The summed E-state index contributed by atoms with van der Waals surface area (Å²) >= 11 is 0. The number of hydroxylamine groups is 1. The van der Waals surface area contributed by atoms with Crippen molar-refractivity contribution >= 4 is 0 Å². The molecule has 0 saturated carbocycles. The van der Waals surface area contributed by atoms with E-state index in [9.17, 15) is 0 Å². The van der Waals surface area contributed by atoms with Gasteiger partial charge in [0.15, 0.2) is 0 Å². The predicted molar refractivity (Wildman–Crippen MR) is 50.2 cm³/mol. The van der Waals surface area contributed by atoms with Gasteiger partial charge < -0.3 is 10.3 Å². The molecule has 0 aliphatic carbocycles. The quantitative estimate of drug-likeness (QED) is 0.694. The van der Waals surface area contributed by atoms with Crippen LogP contribution in [0.2, 0.25) is 0 Å². The number of para-hydroxylation sites is 1. The molecule has 0 amide bonds. The molecule has 1 radical (unpaired) electrons. The van der Waals surface area contributed by atoms with E-state index in [0.717, 1.165) is 5.75 Å². The third kappa shape index (κ3) is 3.05. The third-order valence-corrected chi connectivity index (χ3v) is 1.68. The maximum atomic E-state index is 5.04. The first-order chi connectivity index (χ1) is 5.88. The van der Waals surface area contributed by atoms with E-state index in [1.165, 1.54) is 5.56 Å². The fraction of sp³-hybridized carbons (Fsp3) is 0.400. The van der Waals surface area contributed by atoms with Crippen LogP contribution in [0.25, 0.3) is 5.48 Å². The Morgan fingerprint density at radius 3 is 2.46 bits per heavy atom. The SMILES string of the molecule is CC.CC1[N-]Oc2ccccc21.[Y]. The van der Waals surface area contributed by atoms with Gasteiger partial charge in [-0.1, -0.05) is 45.0 Å². The van der Waals surface area contributed by atoms with Gasteiger partial charge in [0.2, 0.25) is 0 Å². The van der Waals surface area contributed by atoms with Crippen molar-refractivity contribution in [2.75, 3.05) is 0 Å². The van der Waals surface area contributed by atoms with Gasteiger partial charge in [0.05, 0.1) is 0 Å². The number of hydrogen-bond donors (Lipinski definition) is 0. The van der Waals surface area contributed by atoms with Gasteiger partial charge in [0.25, 0.3) is 0 Å². The summed E-state index contributed by atoms with van der Waals surface area (Å²) < 4.78 is 0. The van der Waals surface area contributed by atoms with Crippen LogP contribution in [0.1, 0.15) is 32.4 Å². The molecular weight excluding hydrogens is 239 g/mol. The monoisotopic (exact) mass is 253 g/mol. The second-order valence-corrected chi connectivity index (χ2v) is 2.41. The minimum absolute atomic E-state index is 0. The molecule has 0 spiro atoms. The number of fused-ring (bicyclic) bond motifs is 1. The molecule has 0 N–H and O–H groups in total. The second kappa shape index (κ2) is 6.52. The zero-order valence-electron chi connectivity index (χ0n) is 8.32. The van der Waals surface area contributed by atoms with Crippen LogP contribution in [0.4, 0.5) is 0 Å². The first kappa shape index (κ1) is 13.1. The fourth-order valence-corrected chi connectivity index (χ4v) is 1.10. The van der Waals surface area contributed by atoms with Crippen molar-refractivity contribution in [3.8, 4) is 5.75 Å². The maximum Gasteiger partial charge on any atom is 0.103 e. The molecule has 0 saturated heterocycles. The van der Waals surface area contributed by atoms with Crippen LogP contribution in [0.5, 0.6) is 5.75 Å². The van der Waals surface area contributed by atoms with Gasteiger partial charge in [-0.15, -0.1) is 0 Å². The molecule has 1 aromatic carbocycles. The number of nitrogens with zero attached hydrogens (tertiary/aromatic N) is 1. The standard InChI is InChI=1S/C8H8NO.C2H6.Y/c1-6-7-4-2-3-5-8(7)10-9-6;1-2;/h2-6H,1H3;1-2H3;/q-1;;. The Balaban J connectivity index is 0.000000451. The first-order valence-electron chi connectivity index (χ1n) is 4.34. The van der Waals surface area contributed by atoms with Crippen molar-refractivity contribution in [1.82, 2.24) is 0 Å². The molecule has 0 bridgehead atoms. The van der Waals surface area contributed by atoms with E-state index in [4.69, 9.17) is 4.84 Å². The molecule has 1 unspecified atom stereocenters. The van der Waals surface area contributed by atoms with E-state index in [1.54, 1.807) is 0 Å². The van der Waals surface area contributed by atoms with E-state index in [-0.39, 0.29) is 38.8 Å². The van der Waals surface area contributed by atoms with Crippen LogP contribution in [0, 0.1) is 0 Å². The van der Waals surface area contributed by atoms with Gasteiger partial charge in [-0.2, -0.15) is 0 Å². The molecule has 1 atom stereocenters. The molecule has 0 fully saturated rings. The van der Waals surface area contributed by atoms with Crippen molar-refractivity contribution in [3.05, 3.63) is 35.3 Å². The molecule has 0 aromatic heterocycles. The molecule has 69 valence electrons. The summed E-state index contributed by atoms with van der Waals surface area (Å²) in [7, 11) is 0. The molecule has 2 rings (SSSR count). The van der Waals surface area contributed by atoms with E-state index in [1.807, 2.05) is 45.0 Å². The molecule has 2 nitrogen and oxygen atoms in total. The number of benzene rings is 1. The number of hydrogen-bond acceptors (Lipinski definition) is 1. The zero-order valence-corrected chi connectivity index (χ0v) is 11.2. The zero-order chi connectivity index (χ0) is 8.97. The summed E-state index contributed by atoms with van der Waals surface area (Å²) in [6.07, 6.45) is 0. The summed E-state index contributed by atoms with van der Waals surface area (Å²) in [6, 6.07) is 8.13. The Bertz CT molecular complexity index is 252. The van der Waals surface area contributed by atoms with Gasteiger partial charge >= 0.3 is 0 Å². The van der Waals surface area contributed by atoms with Crippen LogP contribution in [-0.2, 0) is 32.7 Å². The van der Waals surface area contributed by atoms with E-state index < -0.39 is 0 Å². The Hall–Kier alpha value is 0.0839. The Morgan fingerprint density at radius 1 is 1.23 bits per heavy atom. The normalized spacial score (nSPS) is 17.3. The molecule has 3 heteroatoms. The summed E-state index contributed by atoms with van der Waals surface area (Å²) in [5.74, 6) is 0.898. The summed E-state index contributed by atoms with van der Waals surface area (Å²) in [6.45, 7) is 6.02. The van der Waals surface area contributed by atoms with Crippen LogP contribution >= 0.6 is 0 Å². The van der Waals surface area contributed by atoms with Gasteiger partial charge in [0, 0.05) is 32.7 Å². The molecular formula is C10H14NOY-. The summed E-state index contributed by atoms with van der Waals surface area (Å²) in [5, 5.41) is 0.